The molecule has 0 radical (unpaired) electrons. The summed E-state index contributed by atoms with van der Waals surface area (Å²) >= 11 is 0. The SMILES string of the molecule is CCC(CC)(CCO)CNC(=O)CC1CC2CCC(C1)N2.Cl. The normalized spacial score (nSPS) is 27.3. The molecule has 0 aromatic rings. The number of fused-ring (bicyclic) bond motifs is 2. The van der Waals surface area contributed by atoms with Gasteiger partial charge in [-0.15, -0.1) is 12.4 Å². The molecule has 2 saturated heterocycles. The van der Waals surface area contributed by atoms with Crippen molar-refractivity contribution in [1.82, 2.24) is 10.6 Å². The van der Waals surface area contributed by atoms with Gasteiger partial charge in [0, 0.05) is 31.7 Å². The molecule has 4 nitrogen and oxygen atoms in total. The first kappa shape index (κ1) is 19.7. The summed E-state index contributed by atoms with van der Waals surface area (Å²) in [4.78, 5) is 12.2. The van der Waals surface area contributed by atoms with Crippen molar-refractivity contribution < 1.29 is 9.90 Å². The molecule has 1 amide bonds. The van der Waals surface area contributed by atoms with Crippen molar-refractivity contribution >= 4 is 18.3 Å². The molecule has 2 rings (SSSR count). The molecule has 2 heterocycles. The van der Waals surface area contributed by atoms with Crippen LogP contribution in [0.5, 0.6) is 0 Å². The molecular formula is C17H33ClN2O2. The number of rotatable bonds is 8. The molecule has 2 aliphatic rings. The Balaban J connectivity index is 0.00000242. The maximum atomic E-state index is 12.2. The van der Waals surface area contributed by atoms with Crippen LogP contribution >= 0.6 is 12.4 Å². The van der Waals surface area contributed by atoms with E-state index in [2.05, 4.69) is 24.5 Å². The van der Waals surface area contributed by atoms with Gasteiger partial charge in [-0.1, -0.05) is 13.8 Å². The Morgan fingerprint density at radius 3 is 2.32 bits per heavy atom. The first-order chi connectivity index (χ1) is 10.1. The minimum absolute atomic E-state index is 0. The summed E-state index contributed by atoms with van der Waals surface area (Å²) in [5, 5.41) is 16.0. The number of carbonyl (C=O) groups is 1. The Bertz CT molecular complexity index is 336. The van der Waals surface area contributed by atoms with Crippen molar-refractivity contribution in [2.75, 3.05) is 13.2 Å². The summed E-state index contributed by atoms with van der Waals surface area (Å²) < 4.78 is 0. The van der Waals surface area contributed by atoms with Crippen molar-refractivity contribution in [2.45, 2.75) is 77.3 Å². The fourth-order valence-electron chi connectivity index (χ4n) is 4.14. The van der Waals surface area contributed by atoms with Crippen molar-refractivity contribution in [1.29, 1.82) is 0 Å². The lowest BCUT2D eigenvalue weighted by Gasteiger charge is -2.32. The Morgan fingerprint density at radius 1 is 1.23 bits per heavy atom. The molecule has 2 fully saturated rings. The fourth-order valence-corrected chi connectivity index (χ4v) is 4.14. The highest BCUT2D eigenvalue weighted by Crippen LogP contribution is 2.33. The second-order valence-electron chi connectivity index (χ2n) is 7.14. The van der Waals surface area contributed by atoms with E-state index in [0.29, 0.717) is 31.0 Å². The number of aliphatic hydroxyl groups excluding tert-OH is 1. The summed E-state index contributed by atoms with van der Waals surface area (Å²) in [7, 11) is 0. The van der Waals surface area contributed by atoms with Crippen LogP contribution in [0.1, 0.15) is 65.2 Å². The molecule has 0 aliphatic carbocycles. The Hall–Kier alpha value is -0.320. The van der Waals surface area contributed by atoms with Gasteiger partial charge in [-0.05, 0) is 56.3 Å². The molecule has 0 saturated carbocycles. The first-order valence-electron chi connectivity index (χ1n) is 8.74. The van der Waals surface area contributed by atoms with E-state index in [1.807, 2.05) is 0 Å². The average Bonchev–Trinajstić information content (AvgIpc) is 2.82. The second-order valence-corrected chi connectivity index (χ2v) is 7.14. The summed E-state index contributed by atoms with van der Waals surface area (Å²) in [5.41, 5.74) is 0.0670. The van der Waals surface area contributed by atoms with Crippen LogP contribution in [0.25, 0.3) is 0 Å². The van der Waals surface area contributed by atoms with Crippen LogP contribution in [0.4, 0.5) is 0 Å². The highest BCUT2D eigenvalue weighted by molar-refractivity contribution is 5.85. The molecule has 0 aromatic carbocycles. The van der Waals surface area contributed by atoms with E-state index in [4.69, 9.17) is 0 Å². The minimum atomic E-state index is 0. The average molecular weight is 333 g/mol. The summed E-state index contributed by atoms with van der Waals surface area (Å²) in [6, 6.07) is 1.31. The van der Waals surface area contributed by atoms with Gasteiger partial charge in [0.15, 0.2) is 0 Å². The summed E-state index contributed by atoms with van der Waals surface area (Å²) in [6.07, 6.45) is 8.35. The van der Waals surface area contributed by atoms with Gasteiger partial charge in [-0.2, -0.15) is 0 Å². The number of nitrogens with one attached hydrogen (secondary N) is 2. The number of hydrogen-bond donors (Lipinski definition) is 3. The van der Waals surface area contributed by atoms with Crippen LogP contribution in [0, 0.1) is 11.3 Å². The largest absolute Gasteiger partial charge is 0.396 e. The molecule has 2 bridgehead atoms. The molecular weight excluding hydrogens is 300 g/mol. The van der Waals surface area contributed by atoms with E-state index in [9.17, 15) is 9.90 Å². The predicted octanol–water partition coefficient (Wildman–Crippen LogP) is 2.63. The Labute approximate surface area is 141 Å². The molecule has 130 valence electrons. The van der Waals surface area contributed by atoms with Crippen molar-refractivity contribution in [3.63, 3.8) is 0 Å². The lowest BCUT2D eigenvalue weighted by molar-refractivity contribution is -0.122. The molecule has 2 aliphatic heterocycles. The third-order valence-corrected chi connectivity index (χ3v) is 5.85. The topological polar surface area (TPSA) is 61.4 Å². The van der Waals surface area contributed by atoms with Gasteiger partial charge in [0.2, 0.25) is 5.91 Å². The third kappa shape index (κ3) is 5.10. The van der Waals surface area contributed by atoms with E-state index in [1.54, 1.807) is 0 Å². The van der Waals surface area contributed by atoms with Crippen LogP contribution in [-0.4, -0.2) is 36.2 Å². The van der Waals surface area contributed by atoms with Crippen molar-refractivity contribution in [3.8, 4) is 0 Å². The van der Waals surface area contributed by atoms with Crippen molar-refractivity contribution in [2.24, 2.45) is 11.3 Å². The monoisotopic (exact) mass is 332 g/mol. The van der Waals surface area contributed by atoms with Crippen LogP contribution in [0.2, 0.25) is 0 Å². The van der Waals surface area contributed by atoms with Crippen LogP contribution in [0.3, 0.4) is 0 Å². The molecule has 2 unspecified atom stereocenters. The fraction of sp³-hybridized carbons (Fsp3) is 0.941. The van der Waals surface area contributed by atoms with Gasteiger partial charge in [0.1, 0.15) is 0 Å². The third-order valence-electron chi connectivity index (χ3n) is 5.85. The van der Waals surface area contributed by atoms with Crippen molar-refractivity contribution in [3.05, 3.63) is 0 Å². The van der Waals surface area contributed by atoms with Crippen LogP contribution < -0.4 is 10.6 Å². The van der Waals surface area contributed by atoms with Gasteiger partial charge < -0.3 is 15.7 Å². The molecule has 2 atom stereocenters. The Kier molecular flexibility index (Phi) is 8.15. The number of aliphatic hydroxyl groups is 1. The lowest BCUT2D eigenvalue weighted by Crippen LogP contribution is -2.41. The maximum absolute atomic E-state index is 12.2. The molecule has 22 heavy (non-hydrogen) atoms. The maximum Gasteiger partial charge on any atom is 0.220 e. The second kappa shape index (κ2) is 9.09. The van der Waals surface area contributed by atoms with Gasteiger partial charge in [-0.3, -0.25) is 4.79 Å². The smallest absolute Gasteiger partial charge is 0.220 e. The first-order valence-corrected chi connectivity index (χ1v) is 8.74. The van der Waals surface area contributed by atoms with Gasteiger partial charge in [0.05, 0.1) is 0 Å². The van der Waals surface area contributed by atoms with E-state index in [0.717, 1.165) is 32.1 Å². The number of halogens is 1. The lowest BCUT2D eigenvalue weighted by atomic mass is 9.79. The molecule has 3 N–H and O–H groups in total. The zero-order chi connectivity index (χ0) is 15.3. The van der Waals surface area contributed by atoms with E-state index < -0.39 is 0 Å². The highest BCUT2D eigenvalue weighted by Gasteiger charge is 2.34. The van der Waals surface area contributed by atoms with Crippen LogP contribution in [-0.2, 0) is 4.79 Å². The minimum Gasteiger partial charge on any atom is -0.396 e. The van der Waals surface area contributed by atoms with E-state index >= 15 is 0 Å². The summed E-state index contributed by atoms with van der Waals surface area (Å²) in [5.74, 6) is 0.754. The standard InChI is InChI=1S/C17H32N2O2.ClH/c1-3-17(4-2,7-8-20)12-18-16(21)11-13-9-14-5-6-15(10-13)19-14;/h13-15,19-20H,3-12H2,1-2H3,(H,18,21);1H. The van der Waals surface area contributed by atoms with Gasteiger partial charge >= 0.3 is 0 Å². The van der Waals surface area contributed by atoms with E-state index in [1.165, 1.54) is 12.8 Å². The quantitative estimate of drug-likeness (QED) is 0.640. The molecule has 5 heteroatoms. The van der Waals surface area contributed by atoms with Crippen LogP contribution in [0.15, 0.2) is 0 Å². The molecule has 0 aromatic heterocycles. The zero-order valence-electron chi connectivity index (χ0n) is 14.1. The molecule has 0 spiro atoms. The summed E-state index contributed by atoms with van der Waals surface area (Å²) in [6.45, 7) is 5.21. The number of piperidine rings is 1. The number of hydrogen-bond acceptors (Lipinski definition) is 3. The number of carbonyl (C=O) groups excluding carboxylic acids is 1. The van der Waals surface area contributed by atoms with Gasteiger partial charge in [-0.25, -0.2) is 0 Å². The predicted molar refractivity (Wildman–Crippen MR) is 92.3 cm³/mol. The Morgan fingerprint density at radius 2 is 1.82 bits per heavy atom. The highest BCUT2D eigenvalue weighted by atomic mass is 35.5. The van der Waals surface area contributed by atoms with Gasteiger partial charge in [0.25, 0.3) is 0 Å². The number of amides is 1. The van der Waals surface area contributed by atoms with E-state index in [-0.39, 0.29) is 30.3 Å². The zero-order valence-corrected chi connectivity index (χ0v) is 14.9.